The molecule has 1 aromatic carbocycles. The third-order valence-electron chi connectivity index (χ3n) is 7.87. The Kier molecular flexibility index (Phi) is 6.48. The molecule has 0 saturated carbocycles. The monoisotopic (exact) mass is 499 g/mol. The van der Waals surface area contributed by atoms with Crippen molar-refractivity contribution >= 4 is 17.5 Å². The number of aromatic hydroxyl groups is 1. The van der Waals surface area contributed by atoms with Crippen LogP contribution in [0.25, 0.3) is 0 Å². The third-order valence-corrected chi connectivity index (χ3v) is 7.87. The van der Waals surface area contributed by atoms with Crippen LogP contribution in [-0.2, 0) is 9.59 Å². The molecule has 0 aliphatic heterocycles. The molecule has 6 atom stereocenters. The van der Waals surface area contributed by atoms with Crippen LogP contribution >= 0.6 is 0 Å². The number of Topliss-reactive ketones (excluding diaryl/α,β-unsaturated/α-hetero) is 2. The summed E-state index contributed by atoms with van der Waals surface area (Å²) in [6.07, 6.45) is -0.0337. The Hall–Kier alpha value is -3.21. The minimum Gasteiger partial charge on any atom is -0.508 e. The van der Waals surface area contributed by atoms with Gasteiger partial charge in [-0.3, -0.25) is 19.3 Å². The lowest BCUT2D eigenvalue weighted by molar-refractivity contribution is -0.146. The smallest absolute Gasteiger partial charge is 0.255 e. The van der Waals surface area contributed by atoms with E-state index in [-0.39, 0.29) is 22.6 Å². The molecular weight excluding hydrogens is 466 g/mol. The molecule has 7 N–H and O–H groups in total. The summed E-state index contributed by atoms with van der Waals surface area (Å²) in [4.78, 5) is 41.0. The van der Waals surface area contributed by atoms with Crippen molar-refractivity contribution in [1.29, 1.82) is 0 Å². The number of nitrogens with zero attached hydrogens (tertiary/aromatic N) is 1. The van der Waals surface area contributed by atoms with E-state index in [0.717, 1.165) is 6.42 Å². The van der Waals surface area contributed by atoms with Gasteiger partial charge in [0.05, 0.1) is 29.3 Å². The van der Waals surface area contributed by atoms with Gasteiger partial charge in [-0.2, -0.15) is 0 Å². The molecule has 2 unspecified atom stereocenters. The number of nitrogens with one attached hydrogen (secondary N) is 1. The predicted octanol–water partition coefficient (Wildman–Crippen LogP) is 0.484. The van der Waals surface area contributed by atoms with Gasteiger partial charge in [0.1, 0.15) is 17.1 Å². The van der Waals surface area contributed by atoms with Gasteiger partial charge in [-0.05, 0) is 38.1 Å². The maximum Gasteiger partial charge on any atom is 0.255 e. The lowest BCUT2D eigenvalue weighted by Crippen LogP contribution is -2.69. The molecule has 10 nitrogen and oxygen atoms in total. The van der Waals surface area contributed by atoms with Crippen LogP contribution in [0.15, 0.2) is 40.8 Å². The zero-order chi connectivity index (χ0) is 26.7. The van der Waals surface area contributed by atoms with Crippen LogP contribution in [0.4, 0.5) is 0 Å². The number of hydrogen-bond donors (Lipinski definition) is 6. The highest BCUT2D eigenvalue weighted by Gasteiger charge is 2.66. The summed E-state index contributed by atoms with van der Waals surface area (Å²) in [6.45, 7) is 4.06. The van der Waals surface area contributed by atoms with Crippen molar-refractivity contribution in [2.24, 2.45) is 17.6 Å². The van der Waals surface area contributed by atoms with Gasteiger partial charge in [0.2, 0.25) is 0 Å². The van der Waals surface area contributed by atoms with Gasteiger partial charge in [-0.15, -0.1) is 0 Å². The van der Waals surface area contributed by atoms with E-state index in [1.165, 1.54) is 11.0 Å². The van der Waals surface area contributed by atoms with E-state index in [1.54, 1.807) is 33.2 Å². The number of benzene rings is 1. The number of hydrogen-bond acceptors (Lipinski definition) is 9. The number of aliphatic hydroxyl groups excluding tert-OH is 2. The van der Waals surface area contributed by atoms with Crippen LogP contribution in [0.5, 0.6) is 5.75 Å². The average Bonchev–Trinajstić information content (AvgIpc) is 2.80. The quantitative estimate of drug-likeness (QED) is 0.240. The Morgan fingerprint density at radius 2 is 1.89 bits per heavy atom. The second-order valence-electron chi connectivity index (χ2n) is 10.1. The van der Waals surface area contributed by atoms with Crippen molar-refractivity contribution in [2.75, 3.05) is 20.6 Å². The molecule has 4 rings (SSSR count). The molecule has 0 bridgehead atoms. The van der Waals surface area contributed by atoms with Gasteiger partial charge in [-0.1, -0.05) is 32.4 Å². The third kappa shape index (κ3) is 3.39. The number of nitrogens with two attached hydrogens (primary N) is 1. The Bertz CT molecular complexity index is 1200. The summed E-state index contributed by atoms with van der Waals surface area (Å²) in [5.41, 5.74) is 2.70. The van der Waals surface area contributed by atoms with E-state index in [0.29, 0.717) is 18.5 Å². The highest BCUT2D eigenvalue weighted by atomic mass is 16.3. The first-order valence-corrected chi connectivity index (χ1v) is 12.1. The number of ketones is 2. The van der Waals surface area contributed by atoms with Crippen LogP contribution in [0.1, 0.15) is 48.5 Å². The molecule has 1 amide bonds. The number of rotatable bonds is 6. The SMILES string of the molecule is CCCCNC1=C2C(=O)c3c(O)cccc3[C@H](C)C2[C@H](O)C2[C@H](N(C)C)C(=O)C(C(N)=O)=C(O)[C@@]12O. The zero-order valence-corrected chi connectivity index (χ0v) is 20.8. The molecule has 194 valence electrons. The minimum atomic E-state index is -2.48. The van der Waals surface area contributed by atoms with E-state index in [2.05, 4.69) is 5.32 Å². The number of unbranched alkanes of at least 4 members (excludes halogenated alkanes) is 1. The van der Waals surface area contributed by atoms with Crippen molar-refractivity contribution in [3.05, 3.63) is 51.9 Å². The number of likely N-dealkylation sites (N-methyl/N-ethyl adjacent to an activating group) is 1. The van der Waals surface area contributed by atoms with Gasteiger partial charge < -0.3 is 31.5 Å². The molecule has 1 aromatic rings. The van der Waals surface area contributed by atoms with Crippen molar-refractivity contribution in [2.45, 2.75) is 50.4 Å². The highest BCUT2D eigenvalue weighted by molar-refractivity contribution is 6.22. The first kappa shape index (κ1) is 25.9. The topological polar surface area (TPSA) is 173 Å². The van der Waals surface area contributed by atoms with Gasteiger partial charge in [-0.25, -0.2) is 0 Å². The van der Waals surface area contributed by atoms with Gasteiger partial charge in [0.15, 0.2) is 17.2 Å². The fourth-order valence-corrected chi connectivity index (χ4v) is 6.23. The Morgan fingerprint density at radius 1 is 1.22 bits per heavy atom. The van der Waals surface area contributed by atoms with Crippen LogP contribution < -0.4 is 11.1 Å². The normalized spacial score (nSPS) is 31.8. The fraction of sp³-hybridized carbons (Fsp3) is 0.500. The first-order valence-electron chi connectivity index (χ1n) is 12.1. The van der Waals surface area contributed by atoms with Crippen LogP contribution in [0, 0.1) is 11.8 Å². The maximum absolute atomic E-state index is 13.9. The summed E-state index contributed by atoms with van der Waals surface area (Å²) in [5, 5.41) is 48.9. The first-order chi connectivity index (χ1) is 16.9. The number of primary amides is 1. The molecule has 36 heavy (non-hydrogen) atoms. The number of fused-ring (bicyclic) bond motifs is 3. The summed E-state index contributed by atoms with van der Waals surface area (Å²) in [5.74, 6) is -6.55. The number of carbonyl (C=O) groups is 3. The van der Waals surface area contributed by atoms with Crippen molar-refractivity contribution in [3.8, 4) is 5.75 Å². The number of aliphatic hydroxyl groups is 3. The average molecular weight is 500 g/mol. The summed E-state index contributed by atoms with van der Waals surface area (Å²) in [7, 11) is 3.12. The molecule has 0 aromatic heterocycles. The summed E-state index contributed by atoms with van der Waals surface area (Å²) >= 11 is 0. The summed E-state index contributed by atoms with van der Waals surface area (Å²) < 4.78 is 0. The Balaban J connectivity index is 2.11. The number of phenols is 1. The van der Waals surface area contributed by atoms with Gasteiger partial charge >= 0.3 is 0 Å². The molecule has 0 heterocycles. The van der Waals surface area contributed by atoms with E-state index < -0.39 is 64.3 Å². The molecule has 10 heteroatoms. The standard InChI is InChI=1S/C26H33N3O7/c1-5-6-10-28-23-16-14(11(2)12-8-7-9-13(30)15(12)20(16)31)21(32)18-19(29(3)4)22(33)17(25(27)35)24(34)26(18,23)36/h7-9,11,14,18-19,21,28,30,32,34,36H,5-6,10H2,1-4H3,(H2,27,35)/t11-,14?,18?,19-,21-,26-/m0/s1. The van der Waals surface area contributed by atoms with E-state index in [9.17, 15) is 34.8 Å². The largest absolute Gasteiger partial charge is 0.508 e. The molecule has 0 fully saturated rings. The lowest BCUT2D eigenvalue weighted by atomic mass is 9.55. The molecule has 3 aliphatic rings. The second-order valence-corrected chi connectivity index (χ2v) is 10.1. The van der Waals surface area contributed by atoms with E-state index >= 15 is 0 Å². The number of amides is 1. The molecule has 0 radical (unpaired) electrons. The fourth-order valence-electron chi connectivity index (χ4n) is 6.23. The van der Waals surface area contributed by atoms with Crippen LogP contribution in [0.3, 0.4) is 0 Å². The van der Waals surface area contributed by atoms with Gasteiger partial charge in [0, 0.05) is 18.0 Å². The second kappa shape index (κ2) is 9.02. The van der Waals surface area contributed by atoms with Crippen molar-refractivity contribution < 1.29 is 34.8 Å². The number of carbonyl (C=O) groups excluding carboxylic acids is 3. The van der Waals surface area contributed by atoms with Crippen molar-refractivity contribution in [3.63, 3.8) is 0 Å². The minimum absolute atomic E-state index is 0.000999. The summed E-state index contributed by atoms with van der Waals surface area (Å²) in [6, 6.07) is 3.47. The number of phenolic OH excluding ortho intramolecular Hbond substituents is 1. The Morgan fingerprint density at radius 3 is 2.47 bits per heavy atom. The van der Waals surface area contributed by atoms with Crippen LogP contribution in [0.2, 0.25) is 0 Å². The molecule has 0 saturated heterocycles. The van der Waals surface area contributed by atoms with Gasteiger partial charge in [0.25, 0.3) is 5.91 Å². The predicted molar refractivity (Wildman–Crippen MR) is 130 cm³/mol. The van der Waals surface area contributed by atoms with Crippen molar-refractivity contribution in [1.82, 2.24) is 10.2 Å². The van der Waals surface area contributed by atoms with E-state index in [1.807, 2.05) is 6.92 Å². The highest BCUT2D eigenvalue weighted by Crippen LogP contribution is 2.56. The molecular formula is C26H33N3O7. The lowest BCUT2D eigenvalue weighted by Gasteiger charge is -2.55. The Labute approximate surface area is 209 Å². The molecule has 3 aliphatic carbocycles. The zero-order valence-electron chi connectivity index (χ0n) is 20.8. The molecule has 0 spiro atoms. The van der Waals surface area contributed by atoms with Crippen LogP contribution in [-0.4, -0.2) is 81.2 Å². The maximum atomic E-state index is 13.9. The van der Waals surface area contributed by atoms with E-state index in [4.69, 9.17) is 5.73 Å².